The van der Waals surface area contributed by atoms with Crippen molar-refractivity contribution in [3.05, 3.63) is 0 Å². The number of rotatable bonds is 9. The van der Waals surface area contributed by atoms with E-state index >= 15 is 0 Å². The monoisotopic (exact) mass is 334 g/mol. The topological polar surface area (TPSA) is 104 Å². The Morgan fingerprint density at radius 3 is 2.64 bits per heavy atom. The first kappa shape index (κ1) is 18.9. The smallest absolute Gasteiger partial charge is 0.303 e. The van der Waals surface area contributed by atoms with Crippen LogP contribution in [0.2, 0.25) is 0 Å². The minimum Gasteiger partial charge on any atom is -0.481 e. The normalized spacial score (nSPS) is 19.8. The van der Waals surface area contributed by atoms with Gasteiger partial charge in [-0.2, -0.15) is 0 Å². The summed E-state index contributed by atoms with van der Waals surface area (Å²) in [6, 6.07) is 0. The molecule has 1 aliphatic rings. The van der Waals surface area contributed by atoms with E-state index in [2.05, 4.69) is 5.32 Å². The lowest BCUT2D eigenvalue weighted by Crippen LogP contribution is -2.46. The van der Waals surface area contributed by atoms with Crippen molar-refractivity contribution in [3.63, 3.8) is 0 Å². The van der Waals surface area contributed by atoms with E-state index in [9.17, 15) is 18.0 Å². The number of unbranched alkanes of at least 4 members (excludes halogenated alkanes) is 2. The maximum absolute atomic E-state index is 12.1. The van der Waals surface area contributed by atoms with Crippen molar-refractivity contribution >= 4 is 21.9 Å². The Bertz CT molecular complexity index is 478. The van der Waals surface area contributed by atoms with E-state index in [0.717, 1.165) is 12.8 Å². The Labute approximate surface area is 132 Å². The minimum atomic E-state index is -3.23. The maximum Gasteiger partial charge on any atom is 0.303 e. The summed E-state index contributed by atoms with van der Waals surface area (Å²) in [5.41, 5.74) is 0. The Kier molecular flexibility index (Phi) is 7.81. The van der Waals surface area contributed by atoms with Crippen molar-refractivity contribution < 1.29 is 23.1 Å². The molecule has 0 aromatic rings. The van der Waals surface area contributed by atoms with Gasteiger partial charge in [0.05, 0.1) is 11.7 Å². The molecule has 0 spiro atoms. The summed E-state index contributed by atoms with van der Waals surface area (Å²) in [6.45, 7) is 2.88. The molecule has 1 unspecified atom stereocenters. The average molecular weight is 334 g/mol. The number of carbonyl (C=O) groups excluding carboxylic acids is 1. The van der Waals surface area contributed by atoms with Gasteiger partial charge in [0.25, 0.3) is 0 Å². The number of hydrogen-bond acceptors (Lipinski definition) is 4. The van der Waals surface area contributed by atoms with Gasteiger partial charge >= 0.3 is 5.97 Å². The van der Waals surface area contributed by atoms with Gasteiger partial charge in [-0.1, -0.05) is 6.42 Å². The summed E-state index contributed by atoms with van der Waals surface area (Å²) in [6.07, 6.45) is 3.67. The van der Waals surface area contributed by atoms with E-state index in [1.807, 2.05) is 0 Å². The van der Waals surface area contributed by atoms with Gasteiger partial charge in [-0.05, 0) is 32.6 Å². The predicted molar refractivity (Wildman–Crippen MR) is 82.9 cm³/mol. The zero-order chi connectivity index (χ0) is 16.6. The van der Waals surface area contributed by atoms with E-state index < -0.39 is 16.0 Å². The molecule has 128 valence electrons. The molecule has 1 heterocycles. The molecule has 1 aliphatic heterocycles. The predicted octanol–water partition coefficient (Wildman–Crippen LogP) is 0.809. The van der Waals surface area contributed by atoms with Crippen LogP contribution in [0.1, 0.15) is 45.4 Å². The number of carboxylic acid groups (broad SMARTS) is 1. The third kappa shape index (κ3) is 6.31. The van der Waals surface area contributed by atoms with Crippen LogP contribution in [0.25, 0.3) is 0 Å². The summed E-state index contributed by atoms with van der Waals surface area (Å²) >= 11 is 0. The van der Waals surface area contributed by atoms with Crippen LogP contribution in [0.4, 0.5) is 0 Å². The van der Waals surface area contributed by atoms with Crippen LogP contribution in [0.5, 0.6) is 0 Å². The number of hydrogen-bond donors (Lipinski definition) is 2. The van der Waals surface area contributed by atoms with Gasteiger partial charge in [-0.15, -0.1) is 0 Å². The molecule has 7 nitrogen and oxygen atoms in total. The number of carboxylic acids is 1. The lowest BCUT2D eigenvalue weighted by Gasteiger charge is -2.30. The van der Waals surface area contributed by atoms with Gasteiger partial charge in [0.15, 0.2) is 0 Å². The summed E-state index contributed by atoms with van der Waals surface area (Å²) in [5.74, 6) is -1.13. The summed E-state index contributed by atoms with van der Waals surface area (Å²) in [7, 11) is -3.23. The number of nitrogens with zero attached hydrogens (tertiary/aromatic N) is 1. The van der Waals surface area contributed by atoms with Gasteiger partial charge in [-0.25, -0.2) is 12.7 Å². The highest BCUT2D eigenvalue weighted by Crippen LogP contribution is 2.19. The average Bonchev–Trinajstić information content (AvgIpc) is 2.50. The summed E-state index contributed by atoms with van der Waals surface area (Å²) in [4.78, 5) is 22.4. The molecule has 0 saturated carbocycles. The molecule has 1 fully saturated rings. The van der Waals surface area contributed by atoms with E-state index in [-0.39, 0.29) is 30.5 Å². The summed E-state index contributed by atoms with van der Waals surface area (Å²) < 4.78 is 25.1. The van der Waals surface area contributed by atoms with Crippen molar-refractivity contribution in [2.75, 3.05) is 25.4 Å². The minimum absolute atomic E-state index is 0.0604. The Hall–Kier alpha value is -1.15. The molecule has 22 heavy (non-hydrogen) atoms. The van der Waals surface area contributed by atoms with Crippen molar-refractivity contribution in [2.45, 2.75) is 45.4 Å². The van der Waals surface area contributed by atoms with E-state index in [1.165, 1.54) is 4.31 Å². The molecule has 0 aromatic carbocycles. The lowest BCUT2D eigenvalue weighted by atomic mass is 9.99. The van der Waals surface area contributed by atoms with Crippen molar-refractivity contribution in [1.82, 2.24) is 9.62 Å². The SMILES string of the molecule is CCS(=O)(=O)N1CCCC(C(=O)NCCCCCC(=O)O)C1. The third-order valence-electron chi connectivity index (χ3n) is 3.88. The zero-order valence-corrected chi connectivity index (χ0v) is 13.9. The van der Waals surface area contributed by atoms with Gasteiger partial charge in [-0.3, -0.25) is 9.59 Å². The molecule has 0 aliphatic carbocycles. The molecule has 8 heteroatoms. The van der Waals surface area contributed by atoms with Crippen LogP contribution in [-0.2, 0) is 19.6 Å². The number of piperidine rings is 1. The molecule has 1 saturated heterocycles. The van der Waals surface area contributed by atoms with Gasteiger partial charge < -0.3 is 10.4 Å². The van der Waals surface area contributed by atoms with Gasteiger partial charge in [0.1, 0.15) is 0 Å². The molecule has 1 rings (SSSR count). The van der Waals surface area contributed by atoms with Crippen LogP contribution in [0.15, 0.2) is 0 Å². The zero-order valence-electron chi connectivity index (χ0n) is 13.1. The molecule has 0 bridgehead atoms. The standard InChI is InChI=1S/C14H26N2O5S/c1-2-22(20,21)16-10-6-7-12(11-16)14(19)15-9-5-3-4-8-13(17)18/h12H,2-11H2,1H3,(H,15,19)(H,17,18). The van der Waals surface area contributed by atoms with Crippen molar-refractivity contribution in [1.29, 1.82) is 0 Å². The first-order valence-corrected chi connectivity index (χ1v) is 9.45. The van der Waals surface area contributed by atoms with E-state index in [4.69, 9.17) is 5.11 Å². The Morgan fingerprint density at radius 2 is 2.00 bits per heavy atom. The van der Waals surface area contributed by atoms with E-state index in [0.29, 0.717) is 32.4 Å². The summed E-state index contributed by atoms with van der Waals surface area (Å²) in [5, 5.41) is 11.3. The van der Waals surface area contributed by atoms with Crippen LogP contribution in [0.3, 0.4) is 0 Å². The van der Waals surface area contributed by atoms with Crippen molar-refractivity contribution in [2.24, 2.45) is 5.92 Å². The molecular formula is C14H26N2O5S. The third-order valence-corrected chi connectivity index (χ3v) is 5.73. The fraction of sp³-hybridized carbons (Fsp3) is 0.857. The number of nitrogens with one attached hydrogen (secondary N) is 1. The molecule has 0 aromatic heterocycles. The number of carbonyl (C=O) groups is 2. The highest BCUT2D eigenvalue weighted by Gasteiger charge is 2.31. The fourth-order valence-electron chi connectivity index (χ4n) is 2.53. The highest BCUT2D eigenvalue weighted by molar-refractivity contribution is 7.89. The highest BCUT2D eigenvalue weighted by atomic mass is 32.2. The van der Waals surface area contributed by atoms with Gasteiger partial charge in [0, 0.05) is 26.1 Å². The van der Waals surface area contributed by atoms with E-state index in [1.54, 1.807) is 6.92 Å². The molecule has 1 atom stereocenters. The Morgan fingerprint density at radius 1 is 1.27 bits per heavy atom. The second-order valence-corrected chi connectivity index (χ2v) is 7.85. The fourth-order valence-corrected chi connectivity index (χ4v) is 3.71. The van der Waals surface area contributed by atoms with Crippen LogP contribution < -0.4 is 5.32 Å². The first-order valence-electron chi connectivity index (χ1n) is 7.84. The second-order valence-electron chi connectivity index (χ2n) is 5.59. The number of sulfonamides is 1. The number of amides is 1. The number of aliphatic carboxylic acids is 1. The van der Waals surface area contributed by atoms with Crippen molar-refractivity contribution in [3.8, 4) is 0 Å². The second kappa shape index (κ2) is 9.09. The molecule has 2 N–H and O–H groups in total. The van der Waals surface area contributed by atoms with Crippen LogP contribution >= 0.6 is 0 Å². The molecule has 1 amide bonds. The lowest BCUT2D eigenvalue weighted by molar-refractivity contribution is -0.137. The largest absolute Gasteiger partial charge is 0.481 e. The maximum atomic E-state index is 12.1. The molecule has 0 radical (unpaired) electrons. The first-order chi connectivity index (χ1) is 10.4. The quantitative estimate of drug-likeness (QED) is 0.607. The van der Waals surface area contributed by atoms with Gasteiger partial charge in [0.2, 0.25) is 15.9 Å². The van der Waals surface area contributed by atoms with Crippen LogP contribution in [-0.4, -0.2) is 55.1 Å². The molecular weight excluding hydrogens is 308 g/mol. The Balaban J connectivity index is 2.29. The van der Waals surface area contributed by atoms with Crippen LogP contribution in [0, 0.1) is 5.92 Å².